The zero-order valence-electron chi connectivity index (χ0n) is 12.4. The zero-order chi connectivity index (χ0) is 15.6. The van der Waals surface area contributed by atoms with Gasteiger partial charge in [0.15, 0.2) is 0 Å². The average molecular weight is 292 g/mol. The van der Waals surface area contributed by atoms with Gasteiger partial charge in [-0.25, -0.2) is 4.79 Å². The number of aliphatic hydroxyl groups excluding tert-OH is 1. The molecule has 1 aromatic carbocycles. The van der Waals surface area contributed by atoms with Crippen molar-refractivity contribution in [3.05, 3.63) is 29.3 Å². The summed E-state index contributed by atoms with van der Waals surface area (Å²) in [6.07, 6.45) is -0.926. The number of carbonyl (C=O) groups is 2. The number of nitrogens with zero attached hydrogens (tertiary/aromatic N) is 1. The molecule has 0 spiro atoms. The molecule has 114 valence electrons. The second-order valence-corrected chi connectivity index (χ2v) is 5.35. The molecule has 0 aliphatic carbocycles. The van der Waals surface area contributed by atoms with Gasteiger partial charge in [0.2, 0.25) is 0 Å². The van der Waals surface area contributed by atoms with Gasteiger partial charge in [-0.15, -0.1) is 0 Å². The van der Waals surface area contributed by atoms with Crippen molar-refractivity contribution < 1.29 is 19.4 Å². The number of aryl methyl sites for hydroxylation is 2. The Kier molecular flexibility index (Phi) is 4.47. The molecular weight excluding hydrogens is 272 g/mol. The lowest BCUT2D eigenvalue weighted by Crippen LogP contribution is -2.40. The van der Waals surface area contributed by atoms with E-state index in [1.807, 2.05) is 32.0 Å². The molecule has 2 unspecified atom stereocenters. The van der Waals surface area contributed by atoms with Crippen LogP contribution in [0.4, 0.5) is 4.79 Å². The summed E-state index contributed by atoms with van der Waals surface area (Å²) in [6.45, 7) is 5.44. The molecule has 1 aliphatic rings. The van der Waals surface area contributed by atoms with Gasteiger partial charge in [0.05, 0.1) is 6.54 Å². The van der Waals surface area contributed by atoms with Gasteiger partial charge < -0.3 is 15.2 Å². The van der Waals surface area contributed by atoms with Crippen molar-refractivity contribution in [1.82, 2.24) is 10.2 Å². The summed E-state index contributed by atoms with van der Waals surface area (Å²) in [5.41, 5.74) is 2.03. The summed E-state index contributed by atoms with van der Waals surface area (Å²) in [6, 6.07) is 4.80. The van der Waals surface area contributed by atoms with Crippen molar-refractivity contribution in [2.45, 2.75) is 32.9 Å². The molecule has 2 rings (SSSR count). The van der Waals surface area contributed by atoms with Crippen LogP contribution in [0.15, 0.2) is 18.2 Å². The van der Waals surface area contributed by atoms with Crippen molar-refractivity contribution in [3.8, 4) is 5.75 Å². The molecule has 0 bridgehead atoms. The number of urea groups is 1. The van der Waals surface area contributed by atoms with Gasteiger partial charge >= 0.3 is 6.03 Å². The van der Waals surface area contributed by atoms with E-state index in [1.54, 1.807) is 6.92 Å². The molecule has 1 aromatic rings. The summed E-state index contributed by atoms with van der Waals surface area (Å²) < 4.78 is 5.57. The highest BCUT2D eigenvalue weighted by Gasteiger charge is 2.36. The fourth-order valence-electron chi connectivity index (χ4n) is 2.14. The first-order chi connectivity index (χ1) is 9.88. The van der Waals surface area contributed by atoms with Gasteiger partial charge in [0.1, 0.15) is 24.5 Å². The second-order valence-electron chi connectivity index (χ2n) is 5.35. The van der Waals surface area contributed by atoms with Crippen LogP contribution in [-0.2, 0) is 4.79 Å². The van der Waals surface area contributed by atoms with Crippen molar-refractivity contribution in [2.75, 3.05) is 13.2 Å². The van der Waals surface area contributed by atoms with Crippen molar-refractivity contribution in [1.29, 1.82) is 0 Å². The molecule has 1 fully saturated rings. The van der Waals surface area contributed by atoms with Crippen LogP contribution in [0.3, 0.4) is 0 Å². The van der Waals surface area contributed by atoms with E-state index < -0.39 is 18.2 Å². The molecule has 2 atom stereocenters. The molecule has 1 aliphatic heterocycles. The molecule has 1 saturated heterocycles. The fourth-order valence-corrected chi connectivity index (χ4v) is 2.14. The smallest absolute Gasteiger partial charge is 0.324 e. The van der Waals surface area contributed by atoms with Crippen LogP contribution < -0.4 is 10.1 Å². The topological polar surface area (TPSA) is 78.9 Å². The Morgan fingerprint density at radius 2 is 2.10 bits per heavy atom. The molecule has 3 amide bonds. The third-order valence-electron chi connectivity index (χ3n) is 3.39. The summed E-state index contributed by atoms with van der Waals surface area (Å²) >= 11 is 0. The molecular formula is C15H20N2O4. The van der Waals surface area contributed by atoms with E-state index in [2.05, 4.69) is 5.32 Å². The lowest BCUT2D eigenvalue weighted by Gasteiger charge is -2.18. The fraction of sp³-hybridized carbons (Fsp3) is 0.467. The molecule has 6 nitrogen and oxygen atoms in total. The monoisotopic (exact) mass is 292 g/mol. The van der Waals surface area contributed by atoms with E-state index in [0.717, 1.165) is 16.0 Å². The van der Waals surface area contributed by atoms with Crippen LogP contribution in [0.2, 0.25) is 0 Å². The van der Waals surface area contributed by atoms with Crippen LogP contribution in [0.25, 0.3) is 0 Å². The number of β-amino-alcohol motifs (C(OH)–C–C–N with tert-alkyl or cyclic N) is 1. The Morgan fingerprint density at radius 3 is 2.71 bits per heavy atom. The van der Waals surface area contributed by atoms with Gasteiger partial charge in [-0.1, -0.05) is 12.1 Å². The Labute approximate surface area is 123 Å². The molecule has 0 radical (unpaired) electrons. The number of imide groups is 1. The quantitative estimate of drug-likeness (QED) is 0.793. The van der Waals surface area contributed by atoms with E-state index in [-0.39, 0.29) is 19.1 Å². The van der Waals surface area contributed by atoms with Gasteiger partial charge in [0.25, 0.3) is 5.91 Å². The van der Waals surface area contributed by atoms with Gasteiger partial charge in [-0.3, -0.25) is 9.69 Å². The van der Waals surface area contributed by atoms with E-state index in [0.29, 0.717) is 5.75 Å². The zero-order valence-corrected chi connectivity index (χ0v) is 12.4. The SMILES string of the molecule is Cc1ccc(C)c(OCC(O)CN2C(=O)NC(C)C2=O)c1. The van der Waals surface area contributed by atoms with Crippen LogP contribution in [0.5, 0.6) is 5.75 Å². The highest BCUT2D eigenvalue weighted by Crippen LogP contribution is 2.19. The maximum Gasteiger partial charge on any atom is 0.324 e. The average Bonchev–Trinajstić information content (AvgIpc) is 2.66. The van der Waals surface area contributed by atoms with Crippen LogP contribution >= 0.6 is 0 Å². The largest absolute Gasteiger partial charge is 0.491 e. The summed E-state index contributed by atoms with van der Waals surface area (Å²) in [7, 11) is 0. The summed E-state index contributed by atoms with van der Waals surface area (Å²) in [5.74, 6) is 0.366. The van der Waals surface area contributed by atoms with Crippen molar-refractivity contribution in [3.63, 3.8) is 0 Å². The first-order valence-corrected chi connectivity index (χ1v) is 6.88. The van der Waals surface area contributed by atoms with E-state index in [4.69, 9.17) is 4.74 Å². The number of nitrogens with one attached hydrogen (secondary N) is 1. The van der Waals surface area contributed by atoms with Crippen molar-refractivity contribution in [2.24, 2.45) is 0 Å². The van der Waals surface area contributed by atoms with Crippen LogP contribution in [0.1, 0.15) is 18.1 Å². The van der Waals surface area contributed by atoms with Gasteiger partial charge in [-0.2, -0.15) is 0 Å². The Balaban J connectivity index is 1.90. The molecule has 6 heteroatoms. The number of ether oxygens (including phenoxy) is 1. The second kappa shape index (κ2) is 6.13. The van der Waals surface area contributed by atoms with Crippen molar-refractivity contribution >= 4 is 11.9 Å². The van der Waals surface area contributed by atoms with Gasteiger partial charge in [0, 0.05) is 0 Å². The highest BCUT2D eigenvalue weighted by molar-refractivity contribution is 6.03. The number of amides is 3. The van der Waals surface area contributed by atoms with E-state index in [1.165, 1.54) is 0 Å². The molecule has 21 heavy (non-hydrogen) atoms. The normalized spacial score (nSPS) is 19.6. The molecule has 0 saturated carbocycles. The third kappa shape index (κ3) is 3.52. The standard InChI is InChI=1S/C15H20N2O4/c1-9-4-5-10(2)13(6-9)21-8-12(18)7-17-14(19)11(3)16-15(17)20/h4-6,11-12,18H,7-8H2,1-3H3,(H,16,20). The summed E-state index contributed by atoms with van der Waals surface area (Å²) in [4.78, 5) is 24.3. The maximum absolute atomic E-state index is 11.7. The number of carbonyl (C=O) groups excluding carboxylic acids is 2. The lowest BCUT2D eigenvalue weighted by molar-refractivity contribution is -0.128. The number of benzene rings is 1. The minimum atomic E-state index is -0.926. The van der Waals surface area contributed by atoms with Gasteiger partial charge in [-0.05, 0) is 38.0 Å². The Morgan fingerprint density at radius 1 is 1.38 bits per heavy atom. The van der Waals surface area contributed by atoms with E-state index in [9.17, 15) is 14.7 Å². The molecule has 0 aromatic heterocycles. The summed E-state index contributed by atoms with van der Waals surface area (Å²) in [5, 5.41) is 12.5. The first kappa shape index (κ1) is 15.3. The predicted octanol–water partition coefficient (Wildman–Crippen LogP) is 0.983. The lowest BCUT2D eigenvalue weighted by atomic mass is 10.1. The number of hydrogen-bond donors (Lipinski definition) is 2. The Hall–Kier alpha value is -2.08. The minimum absolute atomic E-state index is 0.0235. The molecule has 2 N–H and O–H groups in total. The van der Waals surface area contributed by atoms with Crippen LogP contribution in [-0.4, -0.2) is 47.2 Å². The number of aliphatic hydroxyl groups is 1. The highest BCUT2D eigenvalue weighted by atomic mass is 16.5. The Bertz CT molecular complexity index is 559. The number of rotatable bonds is 5. The van der Waals surface area contributed by atoms with E-state index >= 15 is 0 Å². The first-order valence-electron chi connectivity index (χ1n) is 6.88. The number of hydrogen-bond acceptors (Lipinski definition) is 4. The predicted molar refractivity (Wildman–Crippen MR) is 77.1 cm³/mol. The van der Waals surface area contributed by atoms with Crippen LogP contribution in [0, 0.1) is 13.8 Å². The minimum Gasteiger partial charge on any atom is -0.491 e. The maximum atomic E-state index is 11.7. The molecule has 1 heterocycles. The third-order valence-corrected chi connectivity index (χ3v) is 3.39.